The fourth-order valence-corrected chi connectivity index (χ4v) is 2.33. The van der Waals surface area contributed by atoms with Gasteiger partial charge < -0.3 is 5.11 Å². The summed E-state index contributed by atoms with van der Waals surface area (Å²) >= 11 is 5.88. The molecule has 2 aromatic heterocycles. The van der Waals surface area contributed by atoms with Gasteiger partial charge in [0.15, 0.2) is 16.3 Å². The zero-order valence-corrected chi connectivity index (χ0v) is 9.17. The number of halogens is 1. The van der Waals surface area contributed by atoms with E-state index in [0.717, 1.165) is 19.3 Å². The van der Waals surface area contributed by atoms with E-state index in [2.05, 4.69) is 20.3 Å². The van der Waals surface area contributed by atoms with Gasteiger partial charge in [-0.05, 0) is 19.3 Å². The molecule has 16 heavy (non-hydrogen) atoms. The fourth-order valence-electron chi connectivity index (χ4n) is 2.17. The van der Waals surface area contributed by atoms with E-state index in [4.69, 9.17) is 11.6 Å². The predicted molar refractivity (Wildman–Crippen MR) is 57.0 cm³/mol. The Balaban J connectivity index is 2.14. The third kappa shape index (κ3) is 1.37. The first kappa shape index (κ1) is 9.92. The van der Waals surface area contributed by atoms with Crippen LogP contribution in [0, 0.1) is 0 Å². The molecule has 7 heteroatoms. The summed E-state index contributed by atoms with van der Waals surface area (Å²) in [6.07, 6.45) is 3.68. The summed E-state index contributed by atoms with van der Waals surface area (Å²) in [6.45, 7) is 0. The topological polar surface area (TPSA) is 76.7 Å². The van der Waals surface area contributed by atoms with Crippen molar-refractivity contribution >= 4 is 22.8 Å². The van der Waals surface area contributed by atoms with Gasteiger partial charge in [0.1, 0.15) is 6.33 Å². The zero-order valence-electron chi connectivity index (χ0n) is 8.41. The second-order valence-corrected chi connectivity index (χ2v) is 4.29. The number of nitrogens with zero attached hydrogens (tertiary/aromatic N) is 5. The molecule has 0 bridgehead atoms. The number of hydrogen-bond donors (Lipinski definition) is 1. The van der Waals surface area contributed by atoms with Crippen LogP contribution in [0.1, 0.15) is 25.3 Å². The minimum atomic E-state index is -0.376. The standard InChI is InChI=1S/C9H10ClN5O/c10-8-7-9(12-4-11-8)15(14-13-7)5-2-1-3-6(5)16/h4-6,16H,1-3H2/t5-,6+/m0/s1. The van der Waals surface area contributed by atoms with Gasteiger partial charge in [-0.3, -0.25) is 0 Å². The van der Waals surface area contributed by atoms with Crippen molar-refractivity contribution in [2.75, 3.05) is 0 Å². The van der Waals surface area contributed by atoms with Crippen molar-refractivity contribution in [2.24, 2.45) is 0 Å². The highest BCUT2D eigenvalue weighted by Gasteiger charge is 2.29. The third-order valence-electron chi connectivity index (χ3n) is 2.97. The van der Waals surface area contributed by atoms with Crippen LogP contribution in [0.15, 0.2) is 6.33 Å². The van der Waals surface area contributed by atoms with Gasteiger partial charge in [0, 0.05) is 0 Å². The van der Waals surface area contributed by atoms with Crippen LogP contribution in [0.5, 0.6) is 0 Å². The van der Waals surface area contributed by atoms with Crippen LogP contribution in [0.4, 0.5) is 0 Å². The Labute approximate surface area is 96.3 Å². The molecule has 2 atom stereocenters. The minimum Gasteiger partial charge on any atom is -0.391 e. The van der Waals surface area contributed by atoms with Crippen molar-refractivity contribution < 1.29 is 5.11 Å². The molecule has 1 fully saturated rings. The smallest absolute Gasteiger partial charge is 0.183 e. The molecule has 2 aromatic rings. The lowest BCUT2D eigenvalue weighted by molar-refractivity contribution is 0.131. The molecule has 1 aliphatic rings. The van der Waals surface area contributed by atoms with E-state index in [1.54, 1.807) is 4.68 Å². The van der Waals surface area contributed by atoms with Crippen LogP contribution in [-0.2, 0) is 0 Å². The first-order valence-electron chi connectivity index (χ1n) is 5.17. The Morgan fingerprint density at radius 3 is 3.00 bits per heavy atom. The summed E-state index contributed by atoms with van der Waals surface area (Å²) in [5.41, 5.74) is 1.08. The van der Waals surface area contributed by atoms with Gasteiger partial charge >= 0.3 is 0 Å². The molecule has 2 heterocycles. The van der Waals surface area contributed by atoms with E-state index >= 15 is 0 Å². The molecule has 0 saturated heterocycles. The fraction of sp³-hybridized carbons (Fsp3) is 0.556. The maximum absolute atomic E-state index is 9.82. The highest BCUT2D eigenvalue weighted by atomic mass is 35.5. The van der Waals surface area contributed by atoms with Crippen LogP contribution in [0.2, 0.25) is 5.15 Å². The number of aliphatic hydroxyl groups excluding tert-OH is 1. The molecule has 3 rings (SSSR count). The van der Waals surface area contributed by atoms with Crippen LogP contribution >= 0.6 is 11.6 Å². The van der Waals surface area contributed by atoms with Crippen molar-refractivity contribution in [3.63, 3.8) is 0 Å². The highest BCUT2D eigenvalue weighted by Crippen LogP contribution is 2.31. The molecule has 0 aliphatic heterocycles. The van der Waals surface area contributed by atoms with E-state index in [1.807, 2.05) is 0 Å². The van der Waals surface area contributed by atoms with Crippen molar-refractivity contribution in [1.29, 1.82) is 0 Å². The lowest BCUT2D eigenvalue weighted by atomic mass is 10.2. The van der Waals surface area contributed by atoms with Crippen molar-refractivity contribution in [3.8, 4) is 0 Å². The van der Waals surface area contributed by atoms with Gasteiger partial charge in [-0.15, -0.1) is 5.10 Å². The average molecular weight is 240 g/mol. The van der Waals surface area contributed by atoms with Crippen LogP contribution in [-0.4, -0.2) is 36.2 Å². The Kier molecular flexibility index (Phi) is 2.26. The van der Waals surface area contributed by atoms with Crippen LogP contribution < -0.4 is 0 Å². The van der Waals surface area contributed by atoms with Gasteiger partial charge in [-0.2, -0.15) is 0 Å². The van der Waals surface area contributed by atoms with Crippen molar-refractivity contribution in [2.45, 2.75) is 31.4 Å². The first-order valence-corrected chi connectivity index (χ1v) is 5.54. The summed E-state index contributed by atoms with van der Waals surface area (Å²) in [5, 5.41) is 18.1. The van der Waals surface area contributed by atoms with E-state index in [-0.39, 0.29) is 12.1 Å². The Morgan fingerprint density at radius 2 is 2.25 bits per heavy atom. The van der Waals surface area contributed by atoms with E-state index < -0.39 is 0 Å². The number of hydrogen-bond acceptors (Lipinski definition) is 5. The van der Waals surface area contributed by atoms with Crippen molar-refractivity contribution in [3.05, 3.63) is 11.5 Å². The summed E-state index contributed by atoms with van der Waals surface area (Å²) in [4.78, 5) is 7.95. The Hall–Kier alpha value is -1.27. The summed E-state index contributed by atoms with van der Waals surface area (Å²) < 4.78 is 1.65. The van der Waals surface area contributed by atoms with Gasteiger partial charge in [-0.25, -0.2) is 14.6 Å². The SMILES string of the molecule is O[C@@H]1CCC[C@@H]1n1nnc2c(Cl)ncnc21. The molecule has 0 amide bonds. The Bertz CT molecular complexity index is 528. The molecule has 84 valence electrons. The average Bonchev–Trinajstić information content (AvgIpc) is 2.84. The van der Waals surface area contributed by atoms with Crippen molar-refractivity contribution in [1.82, 2.24) is 25.0 Å². The van der Waals surface area contributed by atoms with E-state index in [9.17, 15) is 5.11 Å². The van der Waals surface area contributed by atoms with Crippen LogP contribution in [0.25, 0.3) is 11.2 Å². The molecule has 1 N–H and O–H groups in total. The van der Waals surface area contributed by atoms with Gasteiger partial charge in [0.05, 0.1) is 12.1 Å². The van der Waals surface area contributed by atoms with E-state index in [1.165, 1.54) is 6.33 Å². The molecule has 1 aliphatic carbocycles. The van der Waals surface area contributed by atoms with Gasteiger partial charge in [-0.1, -0.05) is 16.8 Å². The second-order valence-electron chi connectivity index (χ2n) is 3.94. The molecule has 6 nitrogen and oxygen atoms in total. The molecule has 0 spiro atoms. The monoisotopic (exact) mass is 239 g/mol. The lowest BCUT2D eigenvalue weighted by Crippen LogP contribution is -2.19. The van der Waals surface area contributed by atoms with E-state index in [0.29, 0.717) is 16.3 Å². The van der Waals surface area contributed by atoms with Gasteiger partial charge in [0.2, 0.25) is 0 Å². The molecule has 1 saturated carbocycles. The summed E-state index contributed by atoms with van der Waals surface area (Å²) in [5.74, 6) is 0. The number of rotatable bonds is 1. The number of fused-ring (bicyclic) bond motifs is 1. The summed E-state index contributed by atoms with van der Waals surface area (Å²) in [7, 11) is 0. The predicted octanol–water partition coefficient (Wildman–Crippen LogP) is 0.961. The number of aliphatic hydroxyl groups is 1. The first-order chi connectivity index (χ1) is 7.77. The molecular formula is C9H10ClN5O. The highest BCUT2D eigenvalue weighted by molar-refractivity contribution is 6.33. The largest absolute Gasteiger partial charge is 0.391 e. The molecular weight excluding hydrogens is 230 g/mol. The third-order valence-corrected chi connectivity index (χ3v) is 3.25. The molecule has 0 radical (unpaired) electrons. The maximum Gasteiger partial charge on any atom is 0.183 e. The second kappa shape index (κ2) is 3.64. The minimum absolute atomic E-state index is 0.0454. The maximum atomic E-state index is 9.82. The normalized spacial score (nSPS) is 25.4. The Morgan fingerprint density at radius 1 is 1.38 bits per heavy atom. The van der Waals surface area contributed by atoms with Crippen LogP contribution in [0.3, 0.4) is 0 Å². The summed E-state index contributed by atoms with van der Waals surface area (Å²) in [6, 6.07) is -0.0454. The molecule has 0 aromatic carbocycles. The quantitative estimate of drug-likeness (QED) is 0.750. The zero-order chi connectivity index (χ0) is 11.1. The number of aromatic nitrogens is 5. The van der Waals surface area contributed by atoms with Gasteiger partial charge in [0.25, 0.3) is 0 Å². The lowest BCUT2D eigenvalue weighted by Gasteiger charge is -2.14. The molecule has 0 unspecified atom stereocenters.